The molecule has 2 N–H and O–H groups in total. The first-order chi connectivity index (χ1) is 12.7. The van der Waals surface area contributed by atoms with Crippen LogP contribution in [0, 0.1) is 42.9 Å². The predicted octanol–water partition coefficient (Wildman–Crippen LogP) is 3.18. The molecule has 0 radical (unpaired) electrons. The van der Waals surface area contributed by atoms with Gasteiger partial charge in [0.05, 0.1) is 35.8 Å². The van der Waals surface area contributed by atoms with Crippen LogP contribution in [0.5, 0.6) is 0 Å². The highest BCUT2D eigenvalue weighted by atomic mass is 32.1. The summed E-state index contributed by atoms with van der Waals surface area (Å²) < 4.78 is 73.7. The number of ether oxygens (including phenoxy) is 1. The van der Waals surface area contributed by atoms with Crippen molar-refractivity contribution >= 4 is 23.0 Å². The van der Waals surface area contributed by atoms with Gasteiger partial charge in [-0.3, -0.25) is 4.68 Å². The van der Waals surface area contributed by atoms with Gasteiger partial charge < -0.3 is 15.4 Å². The van der Waals surface area contributed by atoms with E-state index in [-0.39, 0.29) is 5.11 Å². The molecule has 0 bridgehead atoms. The molecule has 5 nitrogen and oxygen atoms in total. The lowest BCUT2D eigenvalue weighted by Crippen LogP contribution is -2.31. The zero-order valence-corrected chi connectivity index (χ0v) is 15.5. The van der Waals surface area contributed by atoms with E-state index >= 15 is 0 Å². The van der Waals surface area contributed by atoms with E-state index in [9.17, 15) is 22.0 Å². The quantitative estimate of drug-likeness (QED) is 0.253. The molecule has 0 amide bonds. The van der Waals surface area contributed by atoms with Crippen molar-refractivity contribution in [3.05, 3.63) is 46.0 Å². The Labute approximate surface area is 157 Å². The lowest BCUT2D eigenvalue weighted by atomic mass is 10.1. The fourth-order valence-corrected chi connectivity index (χ4v) is 2.60. The van der Waals surface area contributed by atoms with Crippen molar-refractivity contribution in [2.24, 2.45) is 0 Å². The molecular formula is C16H17F5N4OS. The Morgan fingerprint density at radius 1 is 1.04 bits per heavy atom. The van der Waals surface area contributed by atoms with Crippen LogP contribution in [-0.4, -0.2) is 35.2 Å². The molecule has 0 unspecified atom stereocenters. The third kappa shape index (κ3) is 4.35. The summed E-state index contributed by atoms with van der Waals surface area (Å²) in [5, 5.41) is 10.1. The van der Waals surface area contributed by atoms with Crippen LogP contribution in [0.2, 0.25) is 0 Å². The van der Waals surface area contributed by atoms with Crippen molar-refractivity contribution in [3.63, 3.8) is 0 Å². The van der Waals surface area contributed by atoms with Gasteiger partial charge in [0.2, 0.25) is 5.82 Å². The van der Waals surface area contributed by atoms with Crippen molar-refractivity contribution in [2.75, 3.05) is 25.6 Å². The minimum atomic E-state index is -2.20. The number of methoxy groups -OCH3 is 1. The number of anilines is 1. The Morgan fingerprint density at radius 3 is 2.15 bits per heavy atom. The maximum Gasteiger partial charge on any atom is 0.200 e. The standard InChI is InChI=1S/C16H17F5N4OS/c1-7-15(23-16(27)22-4-5-26-3)8(2)25(24-7)6-9-10(17)12(19)14(21)13(20)11(9)18/h4-6H2,1-3H3,(H2,22,23,27). The van der Waals surface area contributed by atoms with E-state index in [1.54, 1.807) is 13.8 Å². The fourth-order valence-electron chi connectivity index (χ4n) is 2.40. The topological polar surface area (TPSA) is 51.1 Å². The van der Waals surface area contributed by atoms with Crippen molar-refractivity contribution in [1.29, 1.82) is 0 Å². The molecule has 0 aliphatic heterocycles. The van der Waals surface area contributed by atoms with Crippen LogP contribution in [-0.2, 0) is 11.3 Å². The summed E-state index contributed by atoms with van der Waals surface area (Å²) >= 11 is 5.12. The minimum Gasteiger partial charge on any atom is -0.383 e. The molecule has 0 saturated heterocycles. The van der Waals surface area contributed by atoms with Gasteiger partial charge in [-0.1, -0.05) is 0 Å². The van der Waals surface area contributed by atoms with E-state index in [4.69, 9.17) is 17.0 Å². The first kappa shape index (κ1) is 21.0. The average molecular weight is 408 g/mol. The van der Waals surface area contributed by atoms with Crippen LogP contribution in [0.15, 0.2) is 0 Å². The molecule has 1 aromatic carbocycles. The molecule has 1 aromatic heterocycles. The van der Waals surface area contributed by atoms with Crippen molar-refractivity contribution in [2.45, 2.75) is 20.4 Å². The van der Waals surface area contributed by atoms with Gasteiger partial charge in [-0.2, -0.15) is 5.10 Å². The number of thiocarbonyl (C=S) groups is 1. The Balaban J connectivity index is 2.29. The van der Waals surface area contributed by atoms with Crippen LogP contribution in [0.1, 0.15) is 17.0 Å². The Morgan fingerprint density at radius 2 is 1.59 bits per heavy atom. The van der Waals surface area contributed by atoms with Crippen LogP contribution in [0.4, 0.5) is 27.6 Å². The highest BCUT2D eigenvalue weighted by Crippen LogP contribution is 2.26. The van der Waals surface area contributed by atoms with E-state index < -0.39 is 41.2 Å². The van der Waals surface area contributed by atoms with Crippen LogP contribution in [0.25, 0.3) is 0 Å². The number of rotatable bonds is 6. The first-order valence-corrected chi connectivity index (χ1v) is 8.17. The number of aromatic nitrogens is 2. The number of hydrogen-bond donors (Lipinski definition) is 2. The molecule has 148 valence electrons. The first-order valence-electron chi connectivity index (χ1n) is 7.77. The Bertz CT molecular complexity index is 842. The van der Waals surface area contributed by atoms with Crippen LogP contribution in [0.3, 0.4) is 0 Å². The van der Waals surface area contributed by atoms with E-state index in [1.165, 1.54) is 7.11 Å². The molecule has 0 fully saturated rings. The highest BCUT2D eigenvalue weighted by molar-refractivity contribution is 7.80. The minimum absolute atomic E-state index is 0.272. The summed E-state index contributed by atoms with van der Waals surface area (Å²) in [7, 11) is 1.54. The summed E-state index contributed by atoms with van der Waals surface area (Å²) in [4.78, 5) is 0. The summed E-state index contributed by atoms with van der Waals surface area (Å²) in [6.07, 6.45) is 0. The molecule has 2 rings (SSSR count). The smallest absolute Gasteiger partial charge is 0.200 e. The lowest BCUT2D eigenvalue weighted by molar-refractivity contribution is 0.204. The monoisotopic (exact) mass is 408 g/mol. The average Bonchev–Trinajstić information content (AvgIpc) is 2.89. The SMILES string of the molecule is COCCNC(=S)Nc1c(C)nn(Cc2c(F)c(F)c(F)c(F)c2F)c1C. The fraction of sp³-hybridized carbons (Fsp3) is 0.375. The normalized spacial score (nSPS) is 11.0. The molecule has 0 spiro atoms. The number of halogens is 5. The number of nitrogens with one attached hydrogen (secondary N) is 2. The molecule has 27 heavy (non-hydrogen) atoms. The van der Waals surface area contributed by atoms with Crippen LogP contribution < -0.4 is 10.6 Å². The molecule has 1 heterocycles. The third-order valence-corrected chi connectivity index (χ3v) is 4.07. The van der Waals surface area contributed by atoms with E-state index in [1.807, 2.05) is 0 Å². The third-order valence-electron chi connectivity index (χ3n) is 3.82. The van der Waals surface area contributed by atoms with E-state index in [0.29, 0.717) is 30.2 Å². The van der Waals surface area contributed by atoms with Gasteiger partial charge in [0, 0.05) is 13.7 Å². The van der Waals surface area contributed by atoms with Gasteiger partial charge in [-0.15, -0.1) is 0 Å². The maximum absolute atomic E-state index is 13.9. The van der Waals surface area contributed by atoms with Gasteiger partial charge in [0.15, 0.2) is 28.4 Å². The number of benzene rings is 1. The summed E-state index contributed by atoms with van der Waals surface area (Å²) in [6, 6.07) is 0. The van der Waals surface area contributed by atoms with Gasteiger partial charge in [0.25, 0.3) is 0 Å². The number of aryl methyl sites for hydroxylation is 1. The van der Waals surface area contributed by atoms with Crippen molar-refractivity contribution in [3.8, 4) is 0 Å². The molecule has 2 aromatic rings. The maximum atomic E-state index is 13.9. The van der Waals surface area contributed by atoms with Crippen LogP contribution >= 0.6 is 12.2 Å². The van der Waals surface area contributed by atoms with Gasteiger partial charge in [-0.25, -0.2) is 22.0 Å². The second kappa shape index (κ2) is 8.61. The lowest BCUT2D eigenvalue weighted by Gasteiger charge is -2.12. The molecule has 0 atom stereocenters. The zero-order valence-electron chi connectivity index (χ0n) is 14.7. The second-order valence-electron chi connectivity index (χ2n) is 5.63. The largest absolute Gasteiger partial charge is 0.383 e. The number of hydrogen-bond acceptors (Lipinski definition) is 3. The van der Waals surface area contributed by atoms with Gasteiger partial charge in [0.1, 0.15) is 0 Å². The van der Waals surface area contributed by atoms with Crippen molar-refractivity contribution in [1.82, 2.24) is 15.1 Å². The zero-order chi connectivity index (χ0) is 20.3. The Kier molecular flexibility index (Phi) is 6.71. The molecular weight excluding hydrogens is 391 g/mol. The molecule has 0 aliphatic rings. The second-order valence-corrected chi connectivity index (χ2v) is 6.03. The molecule has 0 aliphatic carbocycles. The molecule has 0 saturated carbocycles. The Hall–Kier alpha value is -2.27. The summed E-state index contributed by atoms with van der Waals surface area (Å²) in [6.45, 7) is 3.44. The van der Waals surface area contributed by atoms with Crippen molar-refractivity contribution < 1.29 is 26.7 Å². The molecule has 11 heteroatoms. The van der Waals surface area contributed by atoms with Gasteiger partial charge in [-0.05, 0) is 26.1 Å². The predicted molar refractivity (Wildman–Crippen MR) is 93.1 cm³/mol. The highest BCUT2D eigenvalue weighted by Gasteiger charge is 2.26. The van der Waals surface area contributed by atoms with Gasteiger partial charge >= 0.3 is 0 Å². The summed E-state index contributed by atoms with van der Waals surface area (Å²) in [5.74, 6) is -9.95. The number of nitrogens with zero attached hydrogens (tertiary/aromatic N) is 2. The summed E-state index contributed by atoms with van der Waals surface area (Å²) in [5.41, 5.74) is 0.345. The van der Waals surface area contributed by atoms with E-state index in [0.717, 1.165) is 4.68 Å². The van der Waals surface area contributed by atoms with E-state index in [2.05, 4.69) is 15.7 Å².